The van der Waals surface area contributed by atoms with Crippen molar-refractivity contribution in [2.45, 2.75) is 19.8 Å². The van der Waals surface area contributed by atoms with Crippen LogP contribution >= 0.6 is 0 Å². The number of rotatable bonds is 6. The van der Waals surface area contributed by atoms with Crippen LogP contribution < -0.4 is 0 Å². The first-order valence-corrected chi connectivity index (χ1v) is 12.1. The lowest BCUT2D eigenvalue weighted by atomic mass is 10.0. The minimum absolute atomic E-state index is 0.0216. The minimum atomic E-state index is -1.20. The lowest BCUT2D eigenvalue weighted by Crippen LogP contribution is -1.95. The van der Waals surface area contributed by atoms with E-state index in [0.717, 1.165) is 11.6 Å². The molecule has 0 fully saturated rings. The summed E-state index contributed by atoms with van der Waals surface area (Å²) < 4.78 is 30.6. The molecular weight excluding hydrogens is 504 g/mol. The van der Waals surface area contributed by atoms with Gasteiger partial charge in [-0.3, -0.25) is 4.57 Å². The second-order valence-electron chi connectivity index (χ2n) is 9.27. The third kappa shape index (κ3) is 4.59. The first-order chi connectivity index (χ1) is 18.7. The van der Waals surface area contributed by atoms with Crippen LogP contribution in [0.3, 0.4) is 0 Å². The Morgan fingerprint density at radius 1 is 0.897 bits per heavy atom. The maximum absolute atomic E-state index is 15.0. The lowest BCUT2D eigenvalue weighted by Gasteiger charge is -2.10. The molecule has 0 unspecified atom stereocenters. The molecule has 1 aromatic heterocycles. The number of halogens is 2. The Morgan fingerprint density at radius 2 is 1.62 bits per heavy atom. The Morgan fingerprint density at radius 3 is 2.31 bits per heavy atom. The zero-order valence-corrected chi connectivity index (χ0v) is 20.9. The number of azo groups is 1. The maximum atomic E-state index is 15.0. The molecule has 1 heterocycles. The third-order valence-corrected chi connectivity index (χ3v) is 6.49. The highest BCUT2D eigenvalue weighted by atomic mass is 19.2. The number of phenols is 1. The largest absolute Gasteiger partial charge is 0.505 e. The van der Waals surface area contributed by atoms with Crippen LogP contribution in [0.25, 0.3) is 27.7 Å². The molecule has 39 heavy (non-hydrogen) atoms. The molecule has 196 valence electrons. The van der Waals surface area contributed by atoms with Gasteiger partial charge in [-0.25, -0.2) is 13.6 Å². The Kier molecular flexibility index (Phi) is 6.57. The van der Waals surface area contributed by atoms with Gasteiger partial charge < -0.3 is 15.3 Å². The van der Waals surface area contributed by atoms with Crippen LogP contribution in [0, 0.1) is 11.6 Å². The normalized spacial score (nSPS) is 11.6. The first-order valence-electron chi connectivity index (χ1n) is 12.1. The number of aromatic carboxylic acids is 1. The van der Waals surface area contributed by atoms with Crippen molar-refractivity contribution in [3.8, 4) is 28.4 Å². The number of phenolic OH excluding ortho intramolecular Hbond substituents is 1. The summed E-state index contributed by atoms with van der Waals surface area (Å²) in [5.41, 5.74) is 2.19. The quantitative estimate of drug-likeness (QED) is 0.193. The van der Waals surface area contributed by atoms with E-state index in [9.17, 15) is 24.5 Å². The third-order valence-electron chi connectivity index (χ3n) is 6.49. The zero-order chi connectivity index (χ0) is 27.8. The van der Waals surface area contributed by atoms with Crippen molar-refractivity contribution in [3.63, 3.8) is 0 Å². The molecule has 0 bridgehead atoms. The molecule has 0 atom stereocenters. The number of benzene rings is 4. The molecular formula is C30H23F2N3O4. The number of carboxylic acid groups (broad SMARTS) is 1. The van der Waals surface area contributed by atoms with Gasteiger partial charge >= 0.3 is 5.97 Å². The molecule has 5 aromatic rings. The topological polar surface area (TPSA) is 107 Å². The fourth-order valence-electron chi connectivity index (χ4n) is 4.42. The summed E-state index contributed by atoms with van der Waals surface area (Å²) >= 11 is 0. The molecule has 0 saturated carbocycles. The van der Waals surface area contributed by atoms with Gasteiger partial charge in [0.1, 0.15) is 5.69 Å². The molecule has 7 nitrogen and oxygen atoms in total. The molecule has 0 aliphatic heterocycles. The molecule has 4 aromatic carbocycles. The number of hydrogen-bond donors (Lipinski definition) is 3. The summed E-state index contributed by atoms with van der Waals surface area (Å²) in [6.45, 7) is 4.09. The number of carbonyl (C=O) groups is 1. The molecule has 0 spiro atoms. The SMILES string of the molecule is CC(C)c1ccc(-n2c(O)c(N=Nc3cccc(-c4cccc(C(=O)O)c4)c3O)c3c(F)c(F)ccc32)cc1. The van der Waals surface area contributed by atoms with E-state index >= 15 is 4.39 Å². The van der Waals surface area contributed by atoms with E-state index in [1.165, 1.54) is 28.8 Å². The highest BCUT2D eigenvalue weighted by Crippen LogP contribution is 2.44. The summed E-state index contributed by atoms with van der Waals surface area (Å²) in [5, 5.41) is 39.1. The highest BCUT2D eigenvalue weighted by molar-refractivity contribution is 5.97. The second-order valence-corrected chi connectivity index (χ2v) is 9.27. The number of para-hydroxylation sites is 1. The summed E-state index contributed by atoms with van der Waals surface area (Å²) in [7, 11) is 0. The average molecular weight is 528 g/mol. The van der Waals surface area contributed by atoms with Crippen LogP contribution in [0.2, 0.25) is 0 Å². The van der Waals surface area contributed by atoms with Crippen molar-refractivity contribution in [1.82, 2.24) is 4.57 Å². The first kappa shape index (κ1) is 25.6. The van der Waals surface area contributed by atoms with E-state index in [1.807, 2.05) is 26.0 Å². The smallest absolute Gasteiger partial charge is 0.335 e. The number of hydrogen-bond acceptors (Lipinski definition) is 5. The van der Waals surface area contributed by atoms with E-state index in [0.29, 0.717) is 16.8 Å². The fraction of sp³-hybridized carbons (Fsp3) is 0.100. The number of carboxylic acids is 1. The summed E-state index contributed by atoms with van der Waals surface area (Å²) in [5.74, 6) is -3.91. The Bertz CT molecular complexity index is 1760. The number of fused-ring (bicyclic) bond motifs is 1. The maximum Gasteiger partial charge on any atom is 0.335 e. The van der Waals surface area contributed by atoms with Crippen molar-refractivity contribution in [2.24, 2.45) is 10.2 Å². The van der Waals surface area contributed by atoms with Gasteiger partial charge in [0.05, 0.1) is 16.5 Å². The van der Waals surface area contributed by atoms with Crippen LogP contribution in [-0.2, 0) is 0 Å². The highest BCUT2D eigenvalue weighted by Gasteiger charge is 2.23. The van der Waals surface area contributed by atoms with Crippen molar-refractivity contribution < 1.29 is 28.9 Å². The van der Waals surface area contributed by atoms with E-state index < -0.39 is 23.5 Å². The molecule has 3 N–H and O–H groups in total. The standard InChI is InChI=1S/C30H23F2N3O4/c1-16(2)17-9-11-20(12-10-17)35-24-14-13-22(31)26(32)25(24)27(29(35)37)34-33-23-8-4-7-21(28(23)36)18-5-3-6-19(15-18)30(38)39/h3-16,36-37H,1-2H3,(H,38,39). The van der Waals surface area contributed by atoms with Gasteiger partial charge in [0.25, 0.3) is 0 Å². The minimum Gasteiger partial charge on any atom is -0.505 e. The average Bonchev–Trinajstić information content (AvgIpc) is 3.21. The lowest BCUT2D eigenvalue weighted by molar-refractivity contribution is 0.0697. The van der Waals surface area contributed by atoms with E-state index in [1.54, 1.807) is 36.4 Å². The van der Waals surface area contributed by atoms with Crippen LogP contribution in [0.15, 0.2) is 89.1 Å². The van der Waals surface area contributed by atoms with Gasteiger partial charge in [0, 0.05) is 11.3 Å². The molecule has 0 aliphatic carbocycles. The van der Waals surface area contributed by atoms with Gasteiger partial charge in [-0.2, -0.15) is 0 Å². The van der Waals surface area contributed by atoms with E-state index in [-0.39, 0.29) is 39.5 Å². The van der Waals surface area contributed by atoms with Gasteiger partial charge in [-0.05, 0) is 59.5 Å². The summed E-state index contributed by atoms with van der Waals surface area (Å²) in [4.78, 5) is 11.4. The van der Waals surface area contributed by atoms with Gasteiger partial charge in [-0.15, -0.1) is 10.2 Å². The molecule has 0 aliphatic rings. The molecule has 5 rings (SSSR count). The van der Waals surface area contributed by atoms with Crippen LogP contribution in [0.4, 0.5) is 20.2 Å². The fourth-order valence-corrected chi connectivity index (χ4v) is 4.42. The Hall–Kier alpha value is -5.05. The molecule has 0 saturated heterocycles. The Balaban J connectivity index is 1.63. The predicted octanol–water partition coefficient (Wildman–Crippen LogP) is 8.22. The molecule has 0 amide bonds. The molecule has 9 heteroatoms. The van der Waals surface area contributed by atoms with Crippen molar-refractivity contribution in [3.05, 3.63) is 102 Å². The van der Waals surface area contributed by atoms with Crippen molar-refractivity contribution in [1.29, 1.82) is 0 Å². The predicted molar refractivity (Wildman–Crippen MR) is 144 cm³/mol. The van der Waals surface area contributed by atoms with Gasteiger partial charge in [-0.1, -0.05) is 50.2 Å². The summed E-state index contributed by atoms with van der Waals surface area (Å²) in [6.07, 6.45) is 0. The number of aromatic hydroxyl groups is 2. The number of nitrogens with zero attached hydrogens (tertiary/aromatic N) is 3. The monoisotopic (exact) mass is 527 g/mol. The van der Waals surface area contributed by atoms with Gasteiger partial charge in [0.15, 0.2) is 23.1 Å². The number of aromatic nitrogens is 1. The van der Waals surface area contributed by atoms with Crippen LogP contribution in [-0.4, -0.2) is 25.9 Å². The molecule has 0 radical (unpaired) electrons. The van der Waals surface area contributed by atoms with Crippen molar-refractivity contribution in [2.75, 3.05) is 0 Å². The summed E-state index contributed by atoms with van der Waals surface area (Å²) in [6, 6.07) is 20.2. The Labute approximate surface area is 221 Å². The van der Waals surface area contributed by atoms with E-state index in [4.69, 9.17) is 0 Å². The van der Waals surface area contributed by atoms with Gasteiger partial charge in [0.2, 0.25) is 5.88 Å². The van der Waals surface area contributed by atoms with E-state index in [2.05, 4.69) is 10.2 Å². The van der Waals surface area contributed by atoms with Crippen molar-refractivity contribution >= 4 is 28.2 Å². The van der Waals surface area contributed by atoms with Crippen LogP contribution in [0.1, 0.15) is 35.7 Å². The zero-order valence-electron chi connectivity index (χ0n) is 20.9. The van der Waals surface area contributed by atoms with Crippen LogP contribution in [0.5, 0.6) is 11.6 Å². The second kappa shape index (κ2) is 10.0.